The monoisotopic (exact) mass is 238 g/mol. The van der Waals surface area contributed by atoms with Gasteiger partial charge < -0.3 is 0 Å². The molecule has 0 aliphatic heterocycles. The molecule has 2 aromatic heterocycles. The van der Waals surface area contributed by atoms with Crippen LogP contribution in [-0.4, -0.2) is 9.78 Å². The molecule has 0 saturated heterocycles. The predicted molar refractivity (Wildman–Crippen MR) is 68.4 cm³/mol. The van der Waals surface area contributed by atoms with Gasteiger partial charge in [0, 0.05) is 11.6 Å². The number of hydrogen-bond donors (Lipinski definition) is 1. The molecule has 0 fully saturated rings. The van der Waals surface area contributed by atoms with Gasteiger partial charge in [-0.15, -0.1) is 0 Å². The van der Waals surface area contributed by atoms with Gasteiger partial charge >= 0.3 is 11.4 Å². The zero-order valence-electron chi connectivity index (χ0n) is 9.63. The Morgan fingerprint density at radius 1 is 1.00 bits per heavy atom. The van der Waals surface area contributed by atoms with E-state index in [1.807, 2.05) is 48.5 Å². The van der Waals surface area contributed by atoms with Crippen LogP contribution in [-0.2, 0) is 0 Å². The minimum absolute atomic E-state index is 0.0868. The molecule has 4 heteroatoms. The zero-order valence-corrected chi connectivity index (χ0v) is 9.63. The average molecular weight is 238 g/mol. The lowest BCUT2D eigenvalue weighted by molar-refractivity contribution is -0.374. The van der Waals surface area contributed by atoms with Crippen LogP contribution in [0, 0.1) is 0 Å². The molecular weight excluding hydrogens is 226 g/mol. The number of nitrogens with zero attached hydrogens (tertiary/aromatic N) is 1. The maximum Gasteiger partial charge on any atom is 0.359 e. The molecule has 0 aliphatic rings. The molecule has 0 saturated carbocycles. The number of hydrogen-bond acceptors (Lipinski definition) is 1. The Hall–Kier alpha value is -2.62. The van der Waals surface area contributed by atoms with Crippen molar-refractivity contribution < 1.29 is 4.98 Å². The molecule has 3 aromatic rings. The zero-order chi connectivity index (χ0) is 12.4. The summed E-state index contributed by atoms with van der Waals surface area (Å²) in [5, 5.41) is 3.09. The van der Waals surface area contributed by atoms with Crippen molar-refractivity contribution in [2.45, 2.75) is 0 Å². The SMILES string of the molecule is O=c1cc(-c2ccccc2)[nH]n1-c1cccc[nH+]1. The van der Waals surface area contributed by atoms with Crippen molar-refractivity contribution in [1.29, 1.82) is 0 Å². The van der Waals surface area contributed by atoms with Gasteiger partial charge in [0.2, 0.25) is 0 Å². The lowest BCUT2D eigenvalue weighted by Crippen LogP contribution is -2.21. The Morgan fingerprint density at radius 3 is 2.50 bits per heavy atom. The highest BCUT2D eigenvalue weighted by atomic mass is 16.1. The molecule has 0 amide bonds. The Balaban J connectivity index is 2.10. The van der Waals surface area contributed by atoms with E-state index in [-0.39, 0.29) is 5.56 Å². The van der Waals surface area contributed by atoms with Gasteiger partial charge in [-0.05, 0) is 6.07 Å². The fourth-order valence-corrected chi connectivity index (χ4v) is 1.86. The fourth-order valence-electron chi connectivity index (χ4n) is 1.86. The van der Waals surface area contributed by atoms with Gasteiger partial charge in [-0.1, -0.05) is 41.1 Å². The molecule has 18 heavy (non-hydrogen) atoms. The Labute approximate surface area is 104 Å². The first-order chi connectivity index (χ1) is 8.84. The van der Waals surface area contributed by atoms with Crippen LogP contribution in [0.3, 0.4) is 0 Å². The smallest absolute Gasteiger partial charge is 0.245 e. The number of aromatic nitrogens is 3. The van der Waals surface area contributed by atoms with Crippen molar-refractivity contribution in [3.63, 3.8) is 0 Å². The Morgan fingerprint density at radius 2 is 1.78 bits per heavy atom. The quantitative estimate of drug-likeness (QED) is 0.725. The lowest BCUT2D eigenvalue weighted by atomic mass is 10.2. The maximum absolute atomic E-state index is 11.9. The fraction of sp³-hybridized carbons (Fsp3) is 0. The normalized spacial score (nSPS) is 10.4. The molecule has 1 aromatic carbocycles. The summed E-state index contributed by atoms with van der Waals surface area (Å²) in [6.07, 6.45) is 1.78. The van der Waals surface area contributed by atoms with Crippen LogP contribution in [0.1, 0.15) is 0 Å². The van der Waals surface area contributed by atoms with Crippen LogP contribution < -0.4 is 10.5 Å². The molecule has 0 bridgehead atoms. The van der Waals surface area contributed by atoms with Crippen LogP contribution >= 0.6 is 0 Å². The highest BCUT2D eigenvalue weighted by Gasteiger charge is 2.13. The number of benzene rings is 1. The molecule has 2 N–H and O–H groups in total. The van der Waals surface area contributed by atoms with Crippen molar-refractivity contribution in [2.24, 2.45) is 0 Å². The summed E-state index contributed by atoms with van der Waals surface area (Å²) in [6, 6.07) is 16.9. The maximum atomic E-state index is 11.9. The topological polar surface area (TPSA) is 51.9 Å². The van der Waals surface area contributed by atoms with E-state index in [0.717, 1.165) is 11.3 Å². The van der Waals surface area contributed by atoms with E-state index in [9.17, 15) is 4.79 Å². The molecule has 0 aliphatic carbocycles. The van der Waals surface area contributed by atoms with E-state index < -0.39 is 0 Å². The van der Waals surface area contributed by atoms with E-state index in [1.54, 1.807) is 12.3 Å². The molecule has 2 heterocycles. The molecule has 3 rings (SSSR count). The van der Waals surface area contributed by atoms with Gasteiger partial charge in [0.05, 0.1) is 18.0 Å². The minimum atomic E-state index is -0.0868. The highest BCUT2D eigenvalue weighted by Crippen LogP contribution is 2.14. The van der Waals surface area contributed by atoms with E-state index in [2.05, 4.69) is 10.1 Å². The summed E-state index contributed by atoms with van der Waals surface area (Å²) in [5.74, 6) is 0.713. The van der Waals surface area contributed by atoms with Gasteiger partial charge in [-0.25, -0.2) is 14.9 Å². The van der Waals surface area contributed by atoms with Crippen LogP contribution in [0.15, 0.2) is 65.6 Å². The molecule has 0 radical (unpaired) electrons. The van der Waals surface area contributed by atoms with Gasteiger partial charge in [0.1, 0.15) is 0 Å². The number of H-pyrrole nitrogens is 2. The van der Waals surface area contributed by atoms with Gasteiger partial charge in [0.15, 0.2) is 0 Å². The Bertz CT molecular complexity index is 699. The summed E-state index contributed by atoms with van der Waals surface area (Å²) in [6.45, 7) is 0. The second-order valence-electron chi connectivity index (χ2n) is 3.96. The standard InChI is InChI=1S/C14H11N3O/c18-14-10-12(11-6-2-1-3-7-11)16-17(14)13-8-4-5-9-15-13/h1-10,16H/p+1. The van der Waals surface area contributed by atoms with Gasteiger partial charge in [0.25, 0.3) is 0 Å². The molecule has 88 valence electrons. The van der Waals surface area contributed by atoms with Crippen LogP contribution in [0.25, 0.3) is 17.1 Å². The molecule has 4 nitrogen and oxygen atoms in total. The van der Waals surface area contributed by atoms with Crippen molar-refractivity contribution >= 4 is 0 Å². The number of nitrogens with one attached hydrogen (secondary N) is 2. The van der Waals surface area contributed by atoms with Crippen LogP contribution in [0.4, 0.5) is 0 Å². The first-order valence-electron chi connectivity index (χ1n) is 5.69. The third-order valence-electron chi connectivity index (χ3n) is 2.74. The number of aromatic amines is 2. The van der Waals surface area contributed by atoms with E-state index in [4.69, 9.17) is 0 Å². The summed E-state index contributed by atoms with van der Waals surface area (Å²) >= 11 is 0. The van der Waals surface area contributed by atoms with Crippen LogP contribution in [0.5, 0.6) is 0 Å². The minimum Gasteiger partial charge on any atom is -0.245 e. The lowest BCUT2D eigenvalue weighted by Gasteiger charge is -1.94. The van der Waals surface area contributed by atoms with E-state index in [0.29, 0.717) is 5.82 Å². The summed E-state index contributed by atoms with van der Waals surface area (Å²) in [7, 11) is 0. The van der Waals surface area contributed by atoms with E-state index >= 15 is 0 Å². The first-order valence-corrected chi connectivity index (χ1v) is 5.69. The van der Waals surface area contributed by atoms with Gasteiger partial charge in [-0.3, -0.25) is 0 Å². The van der Waals surface area contributed by atoms with Gasteiger partial charge in [-0.2, -0.15) is 0 Å². The summed E-state index contributed by atoms with van der Waals surface area (Å²) in [4.78, 5) is 14.9. The third-order valence-corrected chi connectivity index (χ3v) is 2.74. The summed E-state index contributed by atoms with van der Waals surface area (Å²) in [5.41, 5.74) is 1.71. The van der Waals surface area contributed by atoms with Crippen molar-refractivity contribution in [2.75, 3.05) is 0 Å². The molecular formula is C14H12N3O+. The second kappa shape index (κ2) is 4.33. The molecule has 0 spiro atoms. The van der Waals surface area contributed by atoms with Crippen molar-refractivity contribution in [3.8, 4) is 17.1 Å². The molecule has 0 unspecified atom stereocenters. The second-order valence-corrected chi connectivity index (χ2v) is 3.96. The number of rotatable bonds is 2. The first kappa shape index (κ1) is 10.5. The van der Waals surface area contributed by atoms with E-state index in [1.165, 1.54) is 4.68 Å². The largest absolute Gasteiger partial charge is 0.359 e. The third kappa shape index (κ3) is 1.84. The van der Waals surface area contributed by atoms with Crippen molar-refractivity contribution in [3.05, 3.63) is 71.1 Å². The Kier molecular flexibility index (Phi) is 2.53. The average Bonchev–Trinajstić information content (AvgIpc) is 2.83. The van der Waals surface area contributed by atoms with Crippen molar-refractivity contribution in [1.82, 2.24) is 9.78 Å². The summed E-state index contributed by atoms with van der Waals surface area (Å²) < 4.78 is 1.49. The number of pyridine rings is 1. The highest BCUT2D eigenvalue weighted by molar-refractivity contribution is 5.58. The predicted octanol–water partition coefficient (Wildman–Crippen LogP) is 1.65. The van der Waals surface area contributed by atoms with Crippen LogP contribution in [0.2, 0.25) is 0 Å². The molecule has 0 atom stereocenters.